The minimum atomic E-state index is -1.27. The molecule has 0 aliphatic heterocycles. The first-order valence-electron chi connectivity index (χ1n) is 9.16. The van der Waals surface area contributed by atoms with Gasteiger partial charge in [0.25, 0.3) is 5.91 Å². The molecule has 0 spiro atoms. The van der Waals surface area contributed by atoms with Crippen LogP contribution >= 0.6 is 0 Å². The minimum Gasteiger partial charge on any atom is -0.489 e. The van der Waals surface area contributed by atoms with Gasteiger partial charge in [0.1, 0.15) is 29.7 Å². The molecular formula is C23H19F2NO4. The Morgan fingerprint density at radius 1 is 0.933 bits per heavy atom. The second kappa shape index (κ2) is 9.65. The van der Waals surface area contributed by atoms with Crippen molar-refractivity contribution in [2.45, 2.75) is 19.6 Å². The fourth-order valence-corrected chi connectivity index (χ4v) is 2.58. The summed E-state index contributed by atoms with van der Waals surface area (Å²) in [4.78, 5) is 24.5. The number of rotatable bonds is 7. The maximum Gasteiger partial charge on any atom is 0.339 e. The first-order chi connectivity index (χ1) is 14.4. The third kappa shape index (κ3) is 5.41. The average molecular weight is 411 g/mol. The number of hydrogen-bond acceptors (Lipinski definition) is 4. The Labute approximate surface area is 172 Å². The summed E-state index contributed by atoms with van der Waals surface area (Å²) < 4.78 is 38.1. The molecule has 5 nitrogen and oxygen atoms in total. The molecule has 0 unspecified atom stereocenters. The van der Waals surface area contributed by atoms with Crippen molar-refractivity contribution in [3.8, 4) is 5.75 Å². The molecule has 0 radical (unpaired) electrons. The second-order valence-corrected chi connectivity index (χ2v) is 6.44. The van der Waals surface area contributed by atoms with Gasteiger partial charge in [0, 0.05) is 0 Å². The van der Waals surface area contributed by atoms with Crippen molar-refractivity contribution in [1.29, 1.82) is 0 Å². The number of para-hydroxylation sites is 1. The Hall–Kier alpha value is -3.74. The fourth-order valence-electron chi connectivity index (χ4n) is 2.58. The summed E-state index contributed by atoms with van der Waals surface area (Å²) in [6, 6.07) is 19.0. The number of ether oxygens (including phenoxy) is 2. The summed E-state index contributed by atoms with van der Waals surface area (Å²) in [6.45, 7) is 1.63. The summed E-state index contributed by atoms with van der Waals surface area (Å²) in [5.41, 5.74) is 0.551. The van der Waals surface area contributed by atoms with E-state index in [0.717, 1.165) is 17.7 Å². The maximum absolute atomic E-state index is 13.7. The number of anilines is 1. The molecule has 3 rings (SSSR count). The van der Waals surface area contributed by atoms with E-state index >= 15 is 0 Å². The van der Waals surface area contributed by atoms with E-state index in [1.54, 1.807) is 12.1 Å². The van der Waals surface area contributed by atoms with Crippen LogP contribution in [0.15, 0.2) is 72.8 Å². The number of esters is 1. The van der Waals surface area contributed by atoms with Crippen molar-refractivity contribution in [3.05, 3.63) is 95.6 Å². The van der Waals surface area contributed by atoms with Gasteiger partial charge >= 0.3 is 5.97 Å². The molecule has 0 saturated heterocycles. The van der Waals surface area contributed by atoms with Crippen molar-refractivity contribution in [3.63, 3.8) is 0 Å². The Morgan fingerprint density at radius 2 is 1.60 bits per heavy atom. The Kier molecular flexibility index (Phi) is 6.75. The van der Waals surface area contributed by atoms with Gasteiger partial charge in [0.05, 0.1) is 5.56 Å². The van der Waals surface area contributed by atoms with Crippen molar-refractivity contribution < 1.29 is 27.8 Å². The molecule has 0 saturated carbocycles. The highest BCUT2D eigenvalue weighted by molar-refractivity contribution is 5.97. The molecule has 3 aromatic carbocycles. The zero-order valence-electron chi connectivity index (χ0n) is 16.1. The van der Waals surface area contributed by atoms with Crippen LogP contribution in [0, 0.1) is 11.6 Å². The van der Waals surface area contributed by atoms with E-state index in [-0.39, 0.29) is 5.56 Å². The number of halogens is 2. The monoisotopic (exact) mass is 411 g/mol. The third-order valence-electron chi connectivity index (χ3n) is 4.18. The van der Waals surface area contributed by atoms with Crippen LogP contribution in [0.4, 0.5) is 14.5 Å². The van der Waals surface area contributed by atoms with Crippen LogP contribution in [-0.4, -0.2) is 18.0 Å². The average Bonchev–Trinajstić information content (AvgIpc) is 2.75. The summed E-state index contributed by atoms with van der Waals surface area (Å²) in [5, 5.41) is 2.09. The van der Waals surface area contributed by atoms with Gasteiger partial charge in [-0.05, 0) is 42.8 Å². The highest BCUT2D eigenvalue weighted by Crippen LogP contribution is 2.19. The number of hydrogen-bond donors (Lipinski definition) is 1. The molecule has 1 atom stereocenters. The predicted molar refractivity (Wildman–Crippen MR) is 107 cm³/mol. The zero-order valence-corrected chi connectivity index (χ0v) is 16.1. The molecule has 0 heterocycles. The van der Waals surface area contributed by atoms with Gasteiger partial charge in [-0.1, -0.05) is 42.5 Å². The SMILES string of the molecule is C[C@@H](OC(=O)c1cccc(OCc2ccccc2)c1)C(=O)Nc1c(F)cccc1F. The Morgan fingerprint density at radius 3 is 2.30 bits per heavy atom. The van der Waals surface area contributed by atoms with E-state index in [2.05, 4.69) is 5.32 Å². The molecule has 1 amide bonds. The van der Waals surface area contributed by atoms with Gasteiger partial charge < -0.3 is 14.8 Å². The lowest BCUT2D eigenvalue weighted by molar-refractivity contribution is -0.123. The standard InChI is InChI=1S/C23H19F2NO4/c1-15(22(27)26-21-19(24)11-6-12-20(21)25)30-23(28)17-9-5-10-18(13-17)29-14-16-7-3-2-4-8-16/h2-13,15H,14H2,1H3,(H,26,27)/t15-/m1/s1. The summed E-state index contributed by atoms with van der Waals surface area (Å²) in [6.07, 6.45) is -1.27. The van der Waals surface area contributed by atoms with Crippen LogP contribution in [0.25, 0.3) is 0 Å². The van der Waals surface area contributed by atoms with Crippen molar-refractivity contribution in [2.24, 2.45) is 0 Å². The molecule has 0 aliphatic carbocycles. The smallest absolute Gasteiger partial charge is 0.339 e. The number of amides is 1. The molecular weight excluding hydrogens is 392 g/mol. The molecule has 0 aliphatic rings. The summed E-state index contributed by atoms with van der Waals surface area (Å²) in [7, 11) is 0. The molecule has 154 valence electrons. The highest BCUT2D eigenvalue weighted by atomic mass is 19.1. The van der Waals surface area contributed by atoms with Gasteiger partial charge in [0.2, 0.25) is 0 Å². The summed E-state index contributed by atoms with van der Waals surface area (Å²) >= 11 is 0. The van der Waals surface area contributed by atoms with Crippen LogP contribution in [0.2, 0.25) is 0 Å². The fraction of sp³-hybridized carbons (Fsp3) is 0.130. The van der Waals surface area contributed by atoms with Crippen LogP contribution in [0.1, 0.15) is 22.8 Å². The molecule has 0 bridgehead atoms. The van der Waals surface area contributed by atoms with Gasteiger partial charge in [0.15, 0.2) is 6.10 Å². The number of carbonyl (C=O) groups is 2. The molecule has 30 heavy (non-hydrogen) atoms. The lowest BCUT2D eigenvalue weighted by Gasteiger charge is -2.14. The van der Waals surface area contributed by atoms with E-state index in [1.165, 1.54) is 25.1 Å². The van der Waals surface area contributed by atoms with E-state index in [0.29, 0.717) is 12.4 Å². The van der Waals surface area contributed by atoms with Crippen LogP contribution in [-0.2, 0) is 16.1 Å². The van der Waals surface area contributed by atoms with Gasteiger partial charge in [-0.3, -0.25) is 4.79 Å². The Bertz CT molecular complexity index is 1020. The lowest BCUT2D eigenvalue weighted by atomic mass is 10.2. The highest BCUT2D eigenvalue weighted by Gasteiger charge is 2.21. The summed E-state index contributed by atoms with van der Waals surface area (Å²) in [5.74, 6) is -3.02. The predicted octanol–water partition coefficient (Wildman–Crippen LogP) is 4.73. The first kappa shape index (κ1) is 21.0. The quantitative estimate of drug-likeness (QED) is 0.571. The first-order valence-corrected chi connectivity index (χ1v) is 9.16. The third-order valence-corrected chi connectivity index (χ3v) is 4.18. The van der Waals surface area contributed by atoms with Gasteiger partial charge in [-0.2, -0.15) is 0 Å². The Balaban J connectivity index is 1.60. The largest absolute Gasteiger partial charge is 0.489 e. The zero-order chi connectivity index (χ0) is 21.5. The van der Waals surface area contributed by atoms with Crippen LogP contribution < -0.4 is 10.1 Å². The van der Waals surface area contributed by atoms with Crippen LogP contribution in [0.3, 0.4) is 0 Å². The molecule has 0 aromatic heterocycles. The van der Waals surface area contributed by atoms with Crippen molar-refractivity contribution in [1.82, 2.24) is 0 Å². The number of nitrogens with one attached hydrogen (secondary N) is 1. The minimum absolute atomic E-state index is 0.178. The van der Waals surface area contributed by atoms with E-state index in [1.807, 2.05) is 30.3 Å². The molecule has 0 fully saturated rings. The topological polar surface area (TPSA) is 64.6 Å². The van der Waals surface area contributed by atoms with E-state index < -0.39 is 35.3 Å². The van der Waals surface area contributed by atoms with Gasteiger partial charge in [-0.15, -0.1) is 0 Å². The normalized spacial score (nSPS) is 11.4. The molecule has 1 N–H and O–H groups in total. The van der Waals surface area contributed by atoms with Crippen LogP contribution in [0.5, 0.6) is 5.75 Å². The second-order valence-electron chi connectivity index (χ2n) is 6.44. The molecule has 7 heteroatoms. The number of benzene rings is 3. The lowest BCUT2D eigenvalue weighted by Crippen LogP contribution is -2.30. The van der Waals surface area contributed by atoms with Crippen molar-refractivity contribution in [2.75, 3.05) is 5.32 Å². The van der Waals surface area contributed by atoms with E-state index in [9.17, 15) is 18.4 Å². The number of carbonyl (C=O) groups excluding carboxylic acids is 2. The van der Waals surface area contributed by atoms with E-state index in [4.69, 9.17) is 9.47 Å². The van der Waals surface area contributed by atoms with Crippen molar-refractivity contribution >= 4 is 17.6 Å². The molecule has 3 aromatic rings. The maximum atomic E-state index is 13.7. The van der Waals surface area contributed by atoms with Gasteiger partial charge in [-0.25, -0.2) is 13.6 Å².